The average molecular weight is 320 g/mol. The van der Waals surface area contributed by atoms with Gasteiger partial charge in [0.2, 0.25) is 0 Å². The highest BCUT2D eigenvalue weighted by Gasteiger charge is 2.15. The van der Waals surface area contributed by atoms with Crippen LogP contribution in [0.2, 0.25) is 0 Å². The minimum atomic E-state index is -1.33. The average Bonchev–Trinajstić information content (AvgIpc) is 2.92. The summed E-state index contributed by atoms with van der Waals surface area (Å²) in [6.45, 7) is 0. The van der Waals surface area contributed by atoms with Crippen LogP contribution in [0.4, 0.5) is 0 Å². The fourth-order valence-electron chi connectivity index (χ4n) is 1.82. The van der Waals surface area contributed by atoms with Gasteiger partial charge in [0.25, 0.3) is 0 Å². The number of carbonyl (C=O) groups excluding carboxylic acids is 2. The van der Waals surface area contributed by atoms with Crippen LogP contribution in [0.25, 0.3) is 11.3 Å². The van der Waals surface area contributed by atoms with Gasteiger partial charge in [0.05, 0.1) is 23.4 Å². The highest BCUT2D eigenvalue weighted by molar-refractivity contribution is 7.98. The number of carboxylic acids is 2. The zero-order chi connectivity index (χ0) is 16.1. The molecule has 0 amide bonds. The maximum atomic E-state index is 11.2. The Bertz CT molecular complexity index is 668. The van der Waals surface area contributed by atoms with E-state index in [1.165, 1.54) is 17.8 Å². The van der Waals surface area contributed by atoms with Gasteiger partial charge < -0.3 is 30.0 Å². The highest BCUT2D eigenvalue weighted by atomic mass is 32.2. The number of carboxylic acid groups (broad SMARTS) is 2. The summed E-state index contributed by atoms with van der Waals surface area (Å²) in [6.07, 6.45) is 0. The van der Waals surface area contributed by atoms with Crippen LogP contribution in [0.5, 0.6) is 0 Å². The summed E-state index contributed by atoms with van der Waals surface area (Å²) in [7, 11) is 0. The van der Waals surface area contributed by atoms with Gasteiger partial charge >= 0.3 is 0 Å². The van der Waals surface area contributed by atoms with Crippen molar-refractivity contribution in [1.29, 1.82) is 0 Å². The normalized spacial score (nSPS) is 12.0. The highest BCUT2D eigenvalue weighted by Crippen LogP contribution is 2.28. The fraction of sp³-hybridized carbons (Fsp3) is 0.200. The minimum Gasteiger partial charge on any atom is -0.545 e. The summed E-state index contributed by atoms with van der Waals surface area (Å²) in [5, 5.41) is 21.8. The maximum absolute atomic E-state index is 11.2. The summed E-state index contributed by atoms with van der Waals surface area (Å²) in [5.41, 5.74) is 4.17. The third-order valence-corrected chi connectivity index (χ3v) is 4.08. The van der Waals surface area contributed by atoms with Crippen molar-refractivity contribution in [2.24, 2.45) is 0 Å². The van der Waals surface area contributed by atoms with Gasteiger partial charge in [-0.3, -0.25) is 0 Å². The first-order valence-electron chi connectivity index (χ1n) is 6.50. The first-order valence-corrected chi connectivity index (χ1v) is 7.65. The summed E-state index contributed by atoms with van der Waals surface area (Å²) < 4.78 is 5.58. The molecular formula is C15H14NO5S-. The molecule has 3 N–H and O–H groups in total. The molecule has 0 bridgehead atoms. The predicted molar refractivity (Wildman–Crippen MR) is 76.3 cm³/mol. The van der Waals surface area contributed by atoms with E-state index < -0.39 is 18.0 Å². The van der Waals surface area contributed by atoms with Crippen molar-refractivity contribution in [3.63, 3.8) is 0 Å². The topological polar surface area (TPSA) is 121 Å². The number of carbonyl (C=O) groups is 2. The third-order valence-electron chi connectivity index (χ3n) is 2.97. The van der Waals surface area contributed by atoms with E-state index in [0.29, 0.717) is 5.76 Å². The number of hydrogen-bond acceptors (Lipinski definition) is 6. The molecule has 0 spiro atoms. The summed E-state index contributed by atoms with van der Waals surface area (Å²) >= 11 is 1.21. The molecule has 1 aromatic carbocycles. The van der Waals surface area contributed by atoms with Gasteiger partial charge in [-0.2, -0.15) is 0 Å². The van der Waals surface area contributed by atoms with Crippen molar-refractivity contribution < 1.29 is 30.0 Å². The maximum Gasteiger partial charge on any atom is 0.135 e. The van der Waals surface area contributed by atoms with Crippen LogP contribution in [0.1, 0.15) is 16.1 Å². The zero-order valence-electron chi connectivity index (χ0n) is 11.6. The monoisotopic (exact) mass is 320 g/mol. The van der Waals surface area contributed by atoms with Crippen molar-refractivity contribution >= 4 is 23.7 Å². The summed E-state index contributed by atoms with van der Waals surface area (Å²) in [6, 6.07) is 9.64. The predicted octanol–water partition coefficient (Wildman–Crippen LogP) is -1.10. The van der Waals surface area contributed by atoms with Crippen molar-refractivity contribution in [3.8, 4) is 11.3 Å². The zero-order valence-corrected chi connectivity index (χ0v) is 12.4. The van der Waals surface area contributed by atoms with E-state index in [2.05, 4.69) is 5.73 Å². The van der Waals surface area contributed by atoms with Crippen LogP contribution in [0, 0.1) is 0 Å². The van der Waals surface area contributed by atoms with Crippen molar-refractivity contribution in [2.45, 2.75) is 11.8 Å². The minimum absolute atomic E-state index is 0.0274. The number of thioether (sulfide) groups is 1. The second kappa shape index (κ2) is 7.15. The molecule has 22 heavy (non-hydrogen) atoms. The lowest BCUT2D eigenvalue weighted by atomic mass is 10.1. The molecule has 0 aliphatic rings. The second-order valence-corrected chi connectivity index (χ2v) is 5.66. The standard InChI is InChI=1S/C15H15NO5S/c16-11(15(19)20)7-22-8-13-10(14(17)18)6-12(21-13)9-4-2-1-3-5-9/h1-6,11H,7-8,16H2,(H,17,18)(H,19,20)/p-1/t11-/m1/s1. The first kappa shape index (κ1) is 16.1. The molecule has 1 atom stereocenters. The lowest BCUT2D eigenvalue weighted by Gasteiger charge is -2.08. The van der Waals surface area contributed by atoms with Gasteiger partial charge in [0.15, 0.2) is 0 Å². The van der Waals surface area contributed by atoms with Crippen LogP contribution in [0.3, 0.4) is 0 Å². The van der Waals surface area contributed by atoms with Gasteiger partial charge in [-0.25, -0.2) is 0 Å². The molecule has 1 heterocycles. The first-order chi connectivity index (χ1) is 10.5. The molecule has 7 heteroatoms. The Balaban J connectivity index is 2.15. The van der Waals surface area contributed by atoms with Gasteiger partial charge in [0.1, 0.15) is 17.6 Å². The van der Waals surface area contributed by atoms with Crippen LogP contribution >= 0.6 is 11.8 Å². The van der Waals surface area contributed by atoms with Gasteiger partial charge in [0, 0.05) is 11.1 Å². The smallest absolute Gasteiger partial charge is 0.135 e. The lowest BCUT2D eigenvalue weighted by Crippen LogP contribution is -2.69. The molecule has 0 aliphatic heterocycles. The molecule has 0 radical (unpaired) electrons. The number of aliphatic carboxylic acids is 1. The van der Waals surface area contributed by atoms with Gasteiger partial charge in [-0.05, 0) is 6.07 Å². The molecule has 0 aliphatic carbocycles. The largest absolute Gasteiger partial charge is 0.545 e. The van der Waals surface area contributed by atoms with Crippen LogP contribution in [-0.2, 0) is 10.5 Å². The number of quaternary nitrogens is 1. The number of furan rings is 1. The third kappa shape index (κ3) is 3.90. The van der Waals surface area contributed by atoms with Crippen LogP contribution in [0.15, 0.2) is 40.8 Å². The van der Waals surface area contributed by atoms with Crippen molar-refractivity contribution in [2.75, 3.05) is 5.75 Å². The van der Waals surface area contributed by atoms with E-state index in [9.17, 15) is 19.8 Å². The molecule has 0 saturated carbocycles. The van der Waals surface area contributed by atoms with Gasteiger partial charge in [-0.15, -0.1) is 11.8 Å². The Morgan fingerprint density at radius 1 is 1.23 bits per heavy atom. The summed E-state index contributed by atoms with van der Waals surface area (Å²) in [4.78, 5) is 21.8. The molecule has 2 rings (SSSR count). The molecule has 1 aromatic heterocycles. The Labute approximate surface area is 130 Å². The van der Waals surface area contributed by atoms with Gasteiger partial charge in [-0.1, -0.05) is 30.3 Å². The molecular weight excluding hydrogens is 306 g/mol. The molecule has 0 unspecified atom stereocenters. The number of rotatable bonds is 7. The van der Waals surface area contributed by atoms with E-state index in [4.69, 9.17) is 4.42 Å². The molecule has 116 valence electrons. The summed E-state index contributed by atoms with van der Waals surface area (Å²) in [5.74, 6) is -1.47. The van der Waals surface area contributed by atoms with E-state index in [0.717, 1.165) is 5.56 Å². The SMILES string of the molecule is [NH3+][C@H](CSCc1oc(-c2ccccc2)cc1C(=O)[O-])C(=O)[O-]. The van der Waals surface area contributed by atoms with E-state index in [-0.39, 0.29) is 22.8 Å². The van der Waals surface area contributed by atoms with Crippen LogP contribution in [-0.4, -0.2) is 23.7 Å². The number of hydrogen-bond donors (Lipinski definition) is 1. The molecule has 0 fully saturated rings. The Hall–Kier alpha value is -2.25. The fourth-order valence-corrected chi connectivity index (χ4v) is 2.75. The Morgan fingerprint density at radius 3 is 2.50 bits per heavy atom. The van der Waals surface area contributed by atoms with Crippen molar-refractivity contribution in [3.05, 3.63) is 47.7 Å². The number of benzene rings is 1. The Morgan fingerprint density at radius 2 is 1.91 bits per heavy atom. The quantitative estimate of drug-likeness (QED) is 0.691. The molecule has 0 saturated heterocycles. The van der Waals surface area contributed by atoms with E-state index >= 15 is 0 Å². The van der Waals surface area contributed by atoms with Crippen LogP contribution < -0.4 is 15.9 Å². The Kier molecular flexibility index (Phi) is 5.24. The van der Waals surface area contributed by atoms with E-state index in [1.807, 2.05) is 18.2 Å². The van der Waals surface area contributed by atoms with Crippen molar-refractivity contribution in [1.82, 2.24) is 0 Å². The van der Waals surface area contributed by atoms with E-state index in [1.54, 1.807) is 12.1 Å². The molecule has 6 nitrogen and oxygen atoms in total. The molecule has 2 aromatic rings. The lowest BCUT2D eigenvalue weighted by molar-refractivity contribution is -0.431. The number of aromatic carboxylic acids is 1. The second-order valence-electron chi connectivity index (χ2n) is 4.63.